The number of amides is 2. The second-order valence-electron chi connectivity index (χ2n) is 7.04. The van der Waals surface area contributed by atoms with Crippen LogP contribution in [0.1, 0.15) is 45.4 Å². The molecule has 2 aliphatic carbocycles. The Hall–Kier alpha value is -1.40. The summed E-state index contributed by atoms with van der Waals surface area (Å²) in [5.74, 6) is 0.476. The Morgan fingerprint density at radius 1 is 1.32 bits per heavy atom. The van der Waals surface area contributed by atoms with E-state index in [-0.39, 0.29) is 12.1 Å². The fraction of sp³-hybridized carbons (Fsp3) is 0.632. The number of nitrogens with one attached hydrogen (secondary N) is 2. The molecule has 1 aliphatic heterocycles. The van der Waals surface area contributed by atoms with E-state index in [1.54, 1.807) is 0 Å². The van der Waals surface area contributed by atoms with E-state index in [9.17, 15) is 9.00 Å². The van der Waals surface area contributed by atoms with Crippen LogP contribution >= 0.6 is 0 Å². The van der Waals surface area contributed by atoms with Gasteiger partial charge in [0.2, 0.25) is 0 Å². The van der Waals surface area contributed by atoms with Crippen LogP contribution in [0.3, 0.4) is 0 Å². The molecule has 0 spiro atoms. The second-order valence-corrected chi connectivity index (χ2v) is 8.49. The zero-order chi connectivity index (χ0) is 17.6. The molecule has 2 amide bonds. The maximum atomic E-state index is 12.9. The van der Waals surface area contributed by atoms with Gasteiger partial charge in [-0.2, -0.15) is 0 Å². The molecular formula is C19H29N3O2S. The van der Waals surface area contributed by atoms with E-state index in [1.807, 2.05) is 29.5 Å². The Morgan fingerprint density at radius 2 is 2.12 bits per heavy atom. The van der Waals surface area contributed by atoms with Gasteiger partial charge in [-0.15, -0.1) is 0 Å². The third-order valence-corrected chi connectivity index (χ3v) is 6.82. The zero-order valence-electron chi connectivity index (χ0n) is 15.0. The smallest absolute Gasteiger partial charge is 0.315 e. The summed E-state index contributed by atoms with van der Waals surface area (Å²) in [6, 6.07) is -0.0562. The van der Waals surface area contributed by atoms with Gasteiger partial charge in [0.25, 0.3) is 0 Å². The number of hydrogen-bond donors (Lipinski definition) is 2. The van der Waals surface area contributed by atoms with Crippen LogP contribution in [-0.4, -0.2) is 40.2 Å². The maximum Gasteiger partial charge on any atom is 0.315 e. The number of nitrogens with zero attached hydrogens (tertiary/aromatic N) is 1. The molecule has 25 heavy (non-hydrogen) atoms. The topological polar surface area (TPSA) is 61.4 Å². The van der Waals surface area contributed by atoms with Gasteiger partial charge < -0.3 is 10.6 Å². The van der Waals surface area contributed by atoms with Crippen molar-refractivity contribution < 1.29 is 9.00 Å². The van der Waals surface area contributed by atoms with Crippen LogP contribution in [-0.2, 0) is 11.0 Å². The first-order valence-electron chi connectivity index (χ1n) is 9.45. The highest BCUT2D eigenvalue weighted by Crippen LogP contribution is 2.31. The van der Waals surface area contributed by atoms with Gasteiger partial charge in [0.05, 0.1) is 4.91 Å². The SMILES string of the molecule is CCNC(=O)NC(CN1CC2=C(C=CC=CC2)S1=O)C1CCCCC1. The molecule has 3 aliphatic rings. The summed E-state index contributed by atoms with van der Waals surface area (Å²) in [6.07, 6.45) is 15.0. The van der Waals surface area contributed by atoms with Crippen molar-refractivity contribution in [1.29, 1.82) is 0 Å². The summed E-state index contributed by atoms with van der Waals surface area (Å²) in [7, 11) is -1.12. The normalized spacial score (nSPS) is 25.6. The summed E-state index contributed by atoms with van der Waals surface area (Å²) in [5, 5.41) is 5.99. The molecule has 0 aromatic heterocycles. The molecule has 5 nitrogen and oxygen atoms in total. The predicted molar refractivity (Wildman–Crippen MR) is 102 cm³/mol. The van der Waals surface area contributed by atoms with E-state index < -0.39 is 11.0 Å². The Balaban J connectivity index is 1.67. The average molecular weight is 364 g/mol. The van der Waals surface area contributed by atoms with Crippen LogP contribution in [0, 0.1) is 5.92 Å². The molecule has 0 saturated heterocycles. The molecule has 1 saturated carbocycles. The van der Waals surface area contributed by atoms with Crippen molar-refractivity contribution >= 4 is 17.0 Å². The molecule has 1 fully saturated rings. The van der Waals surface area contributed by atoms with E-state index in [0.29, 0.717) is 19.0 Å². The van der Waals surface area contributed by atoms with Crippen LogP contribution in [0.25, 0.3) is 0 Å². The van der Waals surface area contributed by atoms with E-state index in [4.69, 9.17) is 0 Å². The van der Waals surface area contributed by atoms with Crippen molar-refractivity contribution in [3.63, 3.8) is 0 Å². The Bertz CT molecular complexity index is 606. The first-order chi connectivity index (χ1) is 12.2. The summed E-state index contributed by atoms with van der Waals surface area (Å²) >= 11 is 0. The molecule has 2 N–H and O–H groups in total. The Morgan fingerprint density at radius 3 is 2.88 bits per heavy atom. The number of carbonyl (C=O) groups excluding carboxylic acids is 1. The number of urea groups is 1. The largest absolute Gasteiger partial charge is 0.338 e. The van der Waals surface area contributed by atoms with Gasteiger partial charge in [-0.3, -0.25) is 0 Å². The van der Waals surface area contributed by atoms with E-state index in [0.717, 1.165) is 30.7 Å². The summed E-state index contributed by atoms with van der Waals surface area (Å²) in [4.78, 5) is 13.1. The van der Waals surface area contributed by atoms with Crippen molar-refractivity contribution in [2.45, 2.75) is 51.5 Å². The first-order valence-corrected chi connectivity index (χ1v) is 10.6. The third-order valence-electron chi connectivity index (χ3n) is 5.27. The van der Waals surface area contributed by atoms with Crippen molar-refractivity contribution in [1.82, 2.24) is 14.9 Å². The van der Waals surface area contributed by atoms with E-state index >= 15 is 0 Å². The lowest BCUT2D eigenvalue weighted by Gasteiger charge is -2.33. The van der Waals surface area contributed by atoms with Crippen molar-refractivity contribution in [2.75, 3.05) is 19.6 Å². The maximum absolute atomic E-state index is 12.9. The lowest BCUT2D eigenvalue weighted by atomic mass is 9.84. The number of hydrogen-bond acceptors (Lipinski definition) is 2. The monoisotopic (exact) mass is 363 g/mol. The van der Waals surface area contributed by atoms with E-state index in [2.05, 4.69) is 16.7 Å². The van der Waals surface area contributed by atoms with Crippen LogP contribution < -0.4 is 10.6 Å². The zero-order valence-corrected chi connectivity index (χ0v) is 15.8. The number of carbonyl (C=O) groups is 1. The van der Waals surface area contributed by atoms with Crippen LogP contribution in [0.2, 0.25) is 0 Å². The minimum atomic E-state index is -1.12. The van der Waals surface area contributed by atoms with Gasteiger partial charge in [-0.05, 0) is 43.8 Å². The van der Waals surface area contributed by atoms with Crippen LogP contribution in [0.4, 0.5) is 4.79 Å². The van der Waals surface area contributed by atoms with Gasteiger partial charge in [-0.25, -0.2) is 13.3 Å². The lowest BCUT2D eigenvalue weighted by molar-refractivity contribution is 0.212. The van der Waals surface area contributed by atoms with Crippen LogP contribution in [0.5, 0.6) is 0 Å². The second kappa shape index (κ2) is 8.81. The predicted octanol–water partition coefficient (Wildman–Crippen LogP) is 3.00. The average Bonchev–Trinajstić information content (AvgIpc) is 2.78. The molecule has 0 aromatic rings. The summed E-state index contributed by atoms with van der Waals surface area (Å²) in [5.41, 5.74) is 1.24. The fourth-order valence-electron chi connectivity index (χ4n) is 3.97. The first kappa shape index (κ1) is 18.4. The number of rotatable bonds is 5. The van der Waals surface area contributed by atoms with E-state index in [1.165, 1.54) is 24.8 Å². The summed E-state index contributed by atoms with van der Waals surface area (Å²) in [6.45, 7) is 3.92. The summed E-state index contributed by atoms with van der Waals surface area (Å²) < 4.78 is 14.9. The number of allylic oxidation sites excluding steroid dienone is 4. The van der Waals surface area contributed by atoms with Crippen molar-refractivity contribution in [3.8, 4) is 0 Å². The molecule has 0 aromatic carbocycles. The Kier molecular flexibility index (Phi) is 6.48. The highest BCUT2D eigenvalue weighted by molar-refractivity contribution is 7.87. The molecule has 138 valence electrons. The van der Waals surface area contributed by atoms with Gasteiger partial charge >= 0.3 is 6.03 Å². The van der Waals surface area contributed by atoms with Crippen LogP contribution in [0.15, 0.2) is 34.8 Å². The third kappa shape index (κ3) is 4.61. The molecule has 6 heteroatoms. The highest BCUT2D eigenvalue weighted by Gasteiger charge is 2.33. The van der Waals surface area contributed by atoms with Gasteiger partial charge in [0.15, 0.2) is 0 Å². The van der Waals surface area contributed by atoms with Gasteiger partial charge in [-0.1, -0.05) is 37.5 Å². The van der Waals surface area contributed by atoms with Gasteiger partial charge in [0.1, 0.15) is 11.0 Å². The lowest BCUT2D eigenvalue weighted by Crippen LogP contribution is -2.51. The molecule has 0 bridgehead atoms. The molecule has 1 heterocycles. The quantitative estimate of drug-likeness (QED) is 0.789. The molecular weight excluding hydrogens is 334 g/mol. The fourth-order valence-corrected chi connectivity index (χ4v) is 5.40. The Labute approximate surface area is 153 Å². The highest BCUT2D eigenvalue weighted by atomic mass is 32.2. The molecule has 2 atom stereocenters. The molecule has 0 radical (unpaired) electrons. The van der Waals surface area contributed by atoms with Gasteiger partial charge in [0, 0.05) is 25.7 Å². The minimum Gasteiger partial charge on any atom is -0.338 e. The van der Waals surface area contributed by atoms with Crippen molar-refractivity contribution in [2.24, 2.45) is 5.92 Å². The standard InChI is InChI=1S/C19H29N3O2S/c1-2-20-19(23)21-17(15-9-5-3-6-10-15)14-22-13-16-11-7-4-8-12-18(16)25(22)24/h4,7-8,12,15,17H,2-3,5-6,9-11,13-14H2,1H3,(H2,20,21,23). The minimum absolute atomic E-state index is 0.0545. The van der Waals surface area contributed by atoms with Crippen molar-refractivity contribution in [3.05, 3.63) is 34.8 Å². The molecule has 2 unspecified atom stereocenters. The molecule has 3 rings (SSSR count).